The number of ether oxygens (including phenoxy) is 1. The number of nitrogens with one attached hydrogen (secondary N) is 1. The highest BCUT2D eigenvalue weighted by atomic mass is 32.2. The molecule has 0 aromatic carbocycles. The molecule has 1 N–H and O–H groups in total. The second-order valence-electron chi connectivity index (χ2n) is 4.98. The Morgan fingerprint density at radius 2 is 2.00 bits per heavy atom. The molecule has 7 nitrogen and oxygen atoms in total. The fraction of sp³-hybridized carbons (Fsp3) is 0.667. The van der Waals surface area contributed by atoms with Gasteiger partial charge in [0.2, 0.25) is 10.0 Å². The van der Waals surface area contributed by atoms with Gasteiger partial charge in [-0.05, 0) is 26.2 Å². The highest BCUT2D eigenvalue weighted by molar-refractivity contribution is 7.89. The minimum Gasteiger partial charge on any atom is -0.468 e. The summed E-state index contributed by atoms with van der Waals surface area (Å²) >= 11 is 0. The molecule has 1 rings (SSSR count). The van der Waals surface area contributed by atoms with Crippen LogP contribution in [-0.4, -0.2) is 32.7 Å². The lowest BCUT2D eigenvalue weighted by atomic mass is 10.1. The summed E-state index contributed by atoms with van der Waals surface area (Å²) in [5.74, 6) is -0.302. The number of carbonyl (C=O) groups excluding carboxylic acids is 1. The molecule has 1 aromatic heterocycles. The molecule has 114 valence electrons. The van der Waals surface area contributed by atoms with Gasteiger partial charge in [-0.1, -0.05) is 19.0 Å². The zero-order valence-corrected chi connectivity index (χ0v) is 13.1. The number of hydrogen-bond acceptors (Lipinski definition) is 6. The van der Waals surface area contributed by atoms with Crippen molar-refractivity contribution in [3.8, 4) is 0 Å². The molecule has 0 aliphatic heterocycles. The van der Waals surface area contributed by atoms with Crippen molar-refractivity contribution in [2.45, 2.75) is 45.1 Å². The molecule has 1 aromatic rings. The molecule has 0 aliphatic rings. The van der Waals surface area contributed by atoms with Crippen molar-refractivity contribution in [2.24, 2.45) is 5.92 Å². The fourth-order valence-corrected chi connectivity index (χ4v) is 3.44. The Balaban J connectivity index is 3.06. The standard InChI is InChI=1S/C12H20N2O5S/c1-7(2)6-10(12(15)18-5)14-20(16,17)11-8(3)13-19-9(11)4/h7,10,14H,6H2,1-5H3. The van der Waals surface area contributed by atoms with Gasteiger partial charge in [-0.2, -0.15) is 4.72 Å². The maximum atomic E-state index is 12.3. The van der Waals surface area contributed by atoms with E-state index in [-0.39, 0.29) is 22.3 Å². The molecule has 1 heterocycles. The maximum Gasteiger partial charge on any atom is 0.323 e. The number of esters is 1. The van der Waals surface area contributed by atoms with Gasteiger partial charge in [0, 0.05) is 0 Å². The van der Waals surface area contributed by atoms with Crippen molar-refractivity contribution in [1.82, 2.24) is 9.88 Å². The van der Waals surface area contributed by atoms with Crippen molar-refractivity contribution in [3.63, 3.8) is 0 Å². The molecule has 8 heteroatoms. The van der Waals surface area contributed by atoms with E-state index < -0.39 is 22.0 Å². The second-order valence-corrected chi connectivity index (χ2v) is 6.63. The minimum absolute atomic E-state index is 0.0323. The molecular formula is C12H20N2O5S. The van der Waals surface area contributed by atoms with E-state index in [2.05, 4.69) is 14.6 Å². The van der Waals surface area contributed by atoms with Crippen LogP contribution < -0.4 is 4.72 Å². The lowest BCUT2D eigenvalue weighted by molar-refractivity contribution is -0.143. The van der Waals surface area contributed by atoms with Crippen LogP contribution in [0.2, 0.25) is 0 Å². The quantitative estimate of drug-likeness (QED) is 0.792. The molecule has 0 radical (unpaired) electrons. The minimum atomic E-state index is -3.89. The summed E-state index contributed by atoms with van der Waals surface area (Å²) in [5, 5.41) is 3.61. The Kier molecular flexibility index (Phi) is 5.29. The van der Waals surface area contributed by atoms with E-state index in [9.17, 15) is 13.2 Å². The molecule has 20 heavy (non-hydrogen) atoms. The number of aryl methyl sites for hydroxylation is 2. The summed E-state index contributed by atoms with van der Waals surface area (Å²) in [6.07, 6.45) is 0.343. The van der Waals surface area contributed by atoms with Crippen LogP contribution in [0.3, 0.4) is 0 Å². The van der Waals surface area contributed by atoms with Gasteiger partial charge >= 0.3 is 5.97 Å². The second kappa shape index (κ2) is 6.36. The summed E-state index contributed by atoms with van der Waals surface area (Å²) in [4.78, 5) is 11.6. The van der Waals surface area contributed by atoms with Crippen LogP contribution in [0.1, 0.15) is 31.7 Å². The highest BCUT2D eigenvalue weighted by Crippen LogP contribution is 2.20. The van der Waals surface area contributed by atoms with E-state index >= 15 is 0 Å². The molecule has 0 saturated carbocycles. The van der Waals surface area contributed by atoms with E-state index in [4.69, 9.17) is 4.52 Å². The number of sulfonamides is 1. The van der Waals surface area contributed by atoms with E-state index in [1.807, 2.05) is 13.8 Å². The van der Waals surface area contributed by atoms with Gasteiger partial charge in [0.1, 0.15) is 16.6 Å². The van der Waals surface area contributed by atoms with Crippen LogP contribution in [0, 0.1) is 19.8 Å². The van der Waals surface area contributed by atoms with E-state index in [0.717, 1.165) is 0 Å². The van der Waals surface area contributed by atoms with E-state index in [1.165, 1.54) is 21.0 Å². The van der Waals surface area contributed by atoms with Crippen LogP contribution in [0.15, 0.2) is 9.42 Å². The fourth-order valence-electron chi connectivity index (χ4n) is 1.91. The maximum absolute atomic E-state index is 12.3. The SMILES string of the molecule is COC(=O)C(CC(C)C)NS(=O)(=O)c1c(C)noc1C. The first-order valence-electron chi connectivity index (χ1n) is 6.22. The van der Waals surface area contributed by atoms with Crippen molar-refractivity contribution in [1.29, 1.82) is 0 Å². The Morgan fingerprint density at radius 1 is 1.40 bits per heavy atom. The zero-order valence-electron chi connectivity index (χ0n) is 12.3. The molecule has 1 atom stereocenters. The Morgan fingerprint density at radius 3 is 2.40 bits per heavy atom. The lowest BCUT2D eigenvalue weighted by Gasteiger charge is -2.18. The van der Waals surface area contributed by atoms with Crippen LogP contribution in [-0.2, 0) is 19.6 Å². The number of hydrogen-bond donors (Lipinski definition) is 1. The van der Waals surface area contributed by atoms with Crippen LogP contribution in [0.5, 0.6) is 0 Å². The third kappa shape index (κ3) is 3.80. The number of rotatable bonds is 6. The first-order chi connectivity index (χ1) is 9.19. The third-order valence-corrected chi connectivity index (χ3v) is 4.44. The predicted molar refractivity (Wildman–Crippen MR) is 71.6 cm³/mol. The molecule has 0 fully saturated rings. The molecular weight excluding hydrogens is 284 g/mol. The van der Waals surface area contributed by atoms with Crippen molar-refractivity contribution in [3.05, 3.63) is 11.5 Å². The molecule has 1 unspecified atom stereocenters. The van der Waals surface area contributed by atoms with Crippen molar-refractivity contribution < 1.29 is 22.5 Å². The average molecular weight is 304 g/mol. The summed E-state index contributed by atoms with van der Waals surface area (Å²) < 4.78 is 36.5. The lowest BCUT2D eigenvalue weighted by Crippen LogP contribution is -2.42. The van der Waals surface area contributed by atoms with Gasteiger partial charge in [0.15, 0.2) is 5.76 Å². The first kappa shape index (κ1) is 16.6. The first-order valence-corrected chi connectivity index (χ1v) is 7.70. The number of nitrogens with zero attached hydrogens (tertiary/aromatic N) is 1. The largest absolute Gasteiger partial charge is 0.468 e. The predicted octanol–water partition coefficient (Wildman–Crippen LogP) is 1.16. The average Bonchev–Trinajstić information content (AvgIpc) is 2.66. The normalized spacial score (nSPS) is 13.5. The summed E-state index contributed by atoms with van der Waals surface area (Å²) in [7, 11) is -2.66. The third-order valence-electron chi connectivity index (χ3n) is 2.73. The van der Waals surface area contributed by atoms with E-state index in [1.54, 1.807) is 0 Å². The van der Waals surface area contributed by atoms with Crippen LogP contribution in [0.25, 0.3) is 0 Å². The van der Waals surface area contributed by atoms with Crippen molar-refractivity contribution >= 4 is 16.0 Å². The number of aromatic nitrogens is 1. The Bertz CT molecular complexity index is 557. The molecule has 0 bridgehead atoms. The van der Waals surface area contributed by atoms with Gasteiger partial charge < -0.3 is 9.26 Å². The molecule has 0 amide bonds. The summed E-state index contributed by atoms with van der Waals surface area (Å²) in [6, 6.07) is -0.932. The molecule has 0 aliphatic carbocycles. The molecule has 0 saturated heterocycles. The van der Waals surface area contributed by atoms with Gasteiger partial charge in [-0.15, -0.1) is 0 Å². The number of carbonyl (C=O) groups is 1. The monoisotopic (exact) mass is 304 g/mol. The van der Waals surface area contributed by atoms with Gasteiger partial charge in [0.25, 0.3) is 0 Å². The summed E-state index contributed by atoms with van der Waals surface area (Å²) in [6.45, 7) is 6.81. The Labute approximate surface area is 118 Å². The van der Waals surface area contributed by atoms with Gasteiger partial charge in [-0.25, -0.2) is 8.42 Å². The topological polar surface area (TPSA) is 98.5 Å². The van der Waals surface area contributed by atoms with Gasteiger partial charge in [0.05, 0.1) is 7.11 Å². The highest BCUT2D eigenvalue weighted by Gasteiger charge is 2.31. The smallest absolute Gasteiger partial charge is 0.323 e. The van der Waals surface area contributed by atoms with Crippen LogP contribution >= 0.6 is 0 Å². The zero-order chi connectivity index (χ0) is 15.5. The van der Waals surface area contributed by atoms with E-state index in [0.29, 0.717) is 6.42 Å². The van der Waals surface area contributed by atoms with Crippen molar-refractivity contribution in [2.75, 3.05) is 7.11 Å². The Hall–Kier alpha value is -1.41. The van der Waals surface area contributed by atoms with Gasteiger partial charge in [-0.3, -0.25) is 4.79 Å². The van der Waals surface area contributed by atoms with Crippen LogP contribution in [0.4, 0.5) is 0 Å². The number of methoxy groups -OCH3 is 1. The summed E-state index contributed by atoms with van der Waals surface area (Å²) in [5.41, 5.74) is 0.253. The molecule has 0 spiro atoms.